The SMILES string of the molecule is COCc1nc(C(=O)NCc2cccc3c2OCCO3)cs1. The van der Waals surface area contributed by atoms with E-state index in [2.05, 4.69) is 10.3 Å². The van der Waals surface area contributed by atoms with Gasteiger partial charge in [0.1, 0.15) is 23.9 Å². The second kappa shape index (κ2) is 6.76. The summed E-state index contributed by atoms with van der Waals surface area (Å²) in [7, 11) is 1.60. The molecule has 22 heavy (non-hydrogen) atoms. The molecule has 0 bridgehead atoms. The molecule has 7 heteroatoms. The molecule has 0 saturated carbocycles. The van der Waals surface area contributed by atoms with Crippen LogP contribution in [-0.2, 0) is 17.9 Å². The Morgan fingerprint density at radius 2 is 2.27 bits per heavy atom. The first-order chi connectivity index (χ1) is 10.8. The van der Waals surface area contributed by atoms with Crippen LogP contribution in [0.15, 0.2) is 23.6 Å². The molecular weight excluding hydrogens is 304 g/mol. The number of nitrogens with one attached hydrogen (secondary N) is 1. The molecule has 6 nitrogen and oxygen atoms in total. The molecule has 1 aliphatic rings. The third-order valence-corrected chi connectivity index (χ3v) is 3.96. The first-order valence-electron chi connectivity index (χ1n) is 6.87. The van der Waals surface area contributed by atoms with Gasteiger partial charge in [-0.05, 0) is 6.07 Å². The van der Waals surface area contributed by atoms with Crippen molar-refractivity contribution < 1.29 is 19.0 Å². The van der Waals surface area contributed by atoms with Gasteiger partial charge in [0.15, 0.2) is 11.5 Å². The molecule has 0 aliphatic carbocycles. The summed E-state index contributed by atoms with van der Waals surface area (Å²) in [6.07, 6.45) is 0. The summed E-state index contributed by atoms with van der Waals surface area (Å²) in [5.74, 6) is 1.20. The van der Waals surface area contributed by atoms with Gasteiger partial charge < -0.3 is 19.5 Å². The molecular formula is C15H16N2O4S. The average molecular weight is 320 g/mol. The number of aromatic nitrogens is 1. The number of nitrogens with zero attached hydrogens (tertiary/aromatic N) is 1. The summed E-state index contributed by atoms with van der Waals surface area (Å²) >= 11 is 1.41. The summed E-state index contributed by atoms with van der Waals surface area (Å²) in [6.45, 7) is 1.84. The Hall–Kier alpha value is -2.12. The lowest BCUT2D eigenvalue weighted by Crippen LogP contribution is -2.24. The third-order valence-electron chi connectivity index (χ3n) is 3.14. The Labute approximate surface area is 132 Å². The molecule has 0 fully saturated rings. The number of carbonyl (C=O) groups is 1. The van der Waals surface area contributed by atoms with E-state index in [1.807, 2.05) is 18.2 Å². The first kappa shape index (κ1) is 14.8. The van der Waals surface area contributed by atoms with Gasteiger partial charge in [-0.15, -0.1) is 11.3 Å². The van der Waals surface area contributed by atoms with E-state index in [9.17, 15) is 4.79 Å². The highest BCUT2D eigenvalue weighted by molar-refractivity contribution is 7.09. The minimum absolute atomic E-state index is 0.215. The second-order valence-electron chi connectivity index (χ2n) is 4.68. The highest BCUT2D eigenvalue weighted by atomic mass is 32.1. The minimum atomic E-state index is -0.215. The molecule has 116 valence electrons. The molecule has 0 atom stereocenters. The lowest BCUT2D eigenvalue weighted by atomic mass is 10.1. The lowest BCUT2D eigenvalue weighted by molar-refractivity contribution is 0.0945. The van der Waals surface area contributed by atoms with Crippen LogP contribution in [0.3, 0.4) is 0 Å². The quantitative estimate of drug-likeness (QED) is 0.912. The number of hydrogen-bond acceptors (Lipinski definition) is 6. The number of thiazole rings is 1. The Bertz CT molecular complexity index is 671. The zero-order chi connectivity index (χ0) is 15.4. The van der Waals surface area contributed by atoms with Gasteiger partial charge in [0.25, 0.3) is 5.91 Å². The zero-order valence-corrected chi connectivity index (χ0v) is 12.9. The maximum atomic E-state index is 12.1. The molecule has 2 aromatic rings. The van der Waals surface area contributed by atoms with E-state index in [-0.39, 0.29) is 5.91 Å². The largest absolute Gasteiger partial charge is 0.486 e. The minimum Gasteiger partial charge on any atom is -0.486 e. The van der Waals surface area contributed by atoms with Gasteiger partial charge >= 0.3 is 0 Å². The van der Waals surface area contributed by atoms with Crippen LogP contribution in [0.2, 0.25) is 0 Å². The number of amides is 1. The van der Waals surface area contributed by atoms with E-state index in [0.29, 0.717) is 43.6 Å². The van der Waals surface area contributed by atoms with Gasteiger partial charge in [-0.25, -0.2) is 4.98 Å². The van der Waals surface area contributed by atoms with Crippen LogP contribution in [0.5, 0.6) is 11.5 Å². The fourth-order valence-electron chi connectivity index (χ4n) is 2.14. The molecule has 1 aliphatic heterocycles. The van der Waals surface area contributed by atoms with Crippen molar-refractivity contribution in [1.29, 1.82) is 0 Å². The molecule has 3 rings (SSSR count). The van der Waals surface area contributed by atoms with E-state index in [4.69, 9.17) is 14.2 Å². The van der Waals surface area contributed by atoms with E-state index in [1.165, 1.54) is 11.3 Å². The first-order valence-corrected chi connectivity index (χ1v) is 7.75. The maximum absolute atomic E-state index is 12.1. The summed E-state index contributed by atoms with van der Waals surface area (Å²) in [5, 5.41) is 5.35. The number of benzene rings is 1. The fourth-order valence-corrected chi connectivity index (χ4v) is 2.89. The van der Waals surface area contributed by atoms with Gasteiger partial charge in [0, 0.05) is 24.6 Å². The summed E-state index contributed by atoms with van der Waals surface area (Å²) in [6, 6.07) is 5.65. The summed E-state index contributed by atoms with van der Waals surface area (Å²) < 4.78 is 16.1. The van der Waals surface area contributed by atoms with Crippen LogP contribution in [0.25, 0.3) is 0 Å². The highest BCUT2D eigenvalue weighted by Gasteiger charge is 2.17. The van der Waals surface area contributed by atoms with Gasteiger partial charge in [-0.3, -0.25) is 4.79 Å². The molecule has 0 spiro atoms. The van der Waals surface area contributed by atoms with Crippen molar-refractivity contribution in [2.45, 2.75) is 13.2 Å². The maximum Gasteiger partial charge on any atom is 0.271 e. The van der Waals surface area contributed by atoms with E-state index < -0.39 is 0 Å². The van der Waals surface area contributed by atoms with Crippen LogP contribution < -0.4 is 14.8 Å². The topological polar surface area (TPSA) is 69.7 Å². The van der Waals surface area contributed by atoms with Gasteiger partial charge in [0.2, 0.25) is 0 Å². The Morgan fingerprint density at radius 1 is 1.41 bits per heavy atom. The van der Waals surface area contributed by atoms with Crippen LogP contribution in [0, 0.1) is 0 Å². The molecule has 2 heterocycles. The Morgan fingerprint density at radius 3 is 3.14 bits per heavy atom. The monoisotopic (exact) mass is 320 g/mol. The summed E-state index contributed by atoms with van der Waals surface area (Å²) in [4.78, 5) is 16.3. The number of hydrogen-bond donors (Lipinski definition) is 1. The van der Waals surface area contributed by atoms with Gasteiger partial charge in [-0.2, -0.15) is 0 Å². The van der Waals surface area contributed by atoms with Crippen LogP contribution >= 0.6 is 11.3 Å². The van der Waals surface area contributed by atoms with Crippen molar-refractivity contribution in [2.24, 2.45) is 0 Å². The number of para-hydroxylation sites is 1. The lowest BCUT2D eigenvalue weighted by Gasteiger charge is -2.21. The second-order valence-corrected chi connectivity index (χ2v) is 5.63. The molecule has 1 N–H and O–H groups in total. The number of methoxy groups -OCH3 is 1. The number of fused-ring (bicyclic) bond motifs is 1. The third kappa shape index (κ3) is 3.20. The molecule has 0 radical (unpaired) electrons. The molecule has 1 aromatic carbocycles. The number of ether oxygens (including phenoxy) is 3. The molecule has 1 aromatic heterocycles. The standard InChI is InChI=1S/C15H16N2O4S/c1-19-8-13-17-11(9-22-13)15(18)16-7-10-3-2-4-12-14(10)21-6-5-20-12/h2-4,9H,5-8H2,1H3,(H,16,18). The van der Waals surface area contributed by atoms with Crippen LogP contribution in [0.1, 0.15) is 21.1 Å². The van der Waals surface area contributed by atoms with Crippen LogP contribution in [0.4, 0.5) is 0 Å². The average Bonchev–Trinajstić information content (AvgIpc) is 3.02. The molecule has 0 unspecified atom stereocenters. The van der Waals surface area contributed by atoms with E-state index in [0.717, 1.165) is 10.6 Å². The predicted octanol–water partition coefficient (Wildman–Crippen LogP) is 1.99. The molecule has 1 amide bonds. The van der Waals surface area contributed by atoms with Crippen molar-refractivity contribution in [3.8, 4) is 11.5 Å². The highest BCUT2D eigenvalue weighted by Crippen LogP contribution is 2.33. The van der Waals surface area contributed by atoms with Gasteiger partial charge in [0.05, 0.1) is 6.61 Å². The van der Waals surface area contributed by atoms with Crippen molar-refractivity contribution in [2.75, 3.05) is 20.3 Å². The zero-order valence-electron chi connectivity index (χ0n) is 12.1. The predicted molar refractivity (Wildman–Crippen MR) is 81.4 cm³/mol. The van der Waals surface area contributed by atoms with Crippen molar-refractivity contribution in [3.05, 3.63) is 39.8 Å². The normalized spacial score (nSPS) is 13.0. The Balaban J connectivity index is 1.65. The van der Waals surface area contributed by atoms with Crippen molar-refractivity contribution in [3.63, 3.8) is 0 Å². The van der Waals surface area contributed by atoms with E-state index >= 15 is 0 Å². The van der Waals surface area contributed by atoms with Crippen molar-refractivity contribution in [1.82, 2.24) is 10.3 Å². The smallest absolute Gasteiger partial charge is 0.271 e. The van der Waals surface area contributed by atoms with Crippen molar-refractivity contribution >= 4 is 17.2 Å². The van der Waals surface area contributed by atoms with E-state index in [1.54, 1.807) is 12.5 Å². The Kier molecular flexibility index (Phi) is 4.55. The van der Waals surface area contributed by atoms with Crippen LogP contribution in [-0.4, -0.2) is 31.2 Å². The molecule has 0 saturated heterocycles. The number of rotatable bonds is 5. The van der Waals surface area contributed by atoms with Gasteiger partial charge in [-0.1, -0.05) is 12.1 Å². The fraction of sp³-hybridized carbons (Fsp3) is 0.333. The number of carbonyl (C=O) groups excluding carboxylic acids is 1. The summed E-state index contributed by atoms with van der Waals surface area (Å²) in [5.41, 5.74) is 1.29.